The number of hydrogen-bond donors (Lipinski definition) is 2. The molecule has 0 aliphatic heterocycles. The largest absolute Gasteiger partial charge is 0.419 e. The van der Waals surface area contributed by atoms with Gasteiger partial charge in [0.15, 0.2) is 0 Å². The van der Waals surface area contributed by atoms with Crippen LogP contribution in [-0.4, -0.2) is 23.5 Å². The number of alkyl halides is 3. The average Bonchev–Trinajstić information content (AvgIpc) is 2.30. The van der Waals surface area contributed by atoms with Gasteiger partial charge in [-0.25, -0.2) is 4.98 Å². The first kappa shape index (κ1) is 15.7. The maximum atomic E-state index is 12.8. The lowest BCUT2D eigenvalue weighted by atomic mass is 10.2. The first-order valence-electron chi connectivity index (χ1n) is 5.52. The summed E-state index contributed by atoms with van der Waals surface area (Å²) in [4.78, 5) is 15.2. The lowest BCUT2D eigenvalue weighted by Gasteiger charge is -2.18. The zero-order valence-electron chi connectivity index (χ0n) is 10.3. The Kier molecular flexibility index (Phi) is 5.16. The third-order valence-electron chi connectivity index (χ3n) is 2.26. The highest BCUT2D eigenvalue weighted by molar-refractivity contribution is 9.10. The minimum atomic E-state index is -4.54. The maximum absolute atomic E-state index is 12.8. The second-order valence-corrected chi connectivity index (χ2v) is 4.72. The number of anilines is 1. The highest BCUT2D eigenvalue weighted by Gasteiger charge is 2.35. The third kappa shape index (κ3) is 4.38. The first-order valence-corrected chi connectivity index (χ1v) is 6.32. The van der Waals surface area contributed by atoms with E-state index in [2.05, 4.69) is 31.5 Å². The Balaban J connectivity index is 2.98. The Hall–Kier alpha value is -1.31. The molecule has 1 aromatic heterocycles. The summed E-state index contributed by atoms with van der Waals surface area (Å²) in [6, 6.07) is 0.106. The number of nitrogens with zero attached hydrogens (tertiary/aromatic N) is 1. The predicted octanol–water partition coefficient (Wildman–Crippen LogP) is 2.80. The molecule has 0 aromatic carbocycles. The van der Waals surface area contributed by atoms with Crippen molar-refractivity contribution >= 4 is 27.7 Å². The van der Waals surface area contributed by atoms with Crippen molar-refractivity contribution in [3.63, 3.8) is 0 Å². The van der Waals surface area contributed by atoms with Gasteiger partial charge in [0.2, 0.25) is 5.91 Å². The SMILES string of the molecule is CCNC(=O)C(C)Nc1ncc(Br)cc1C(F)(F)F. The van der Waals surface area contributed by atoms with Gasteiger partial charge >= 0.3 is 6.18 Å². The van der Waals surface area contributed by atoms with E-state index in [9.17, 15) is 18.0 Å². The molecule has 0 spiro atoms. The van der Waals surface area contributed by atoms with Gasteiger partial charge in [-0.15, -0.1) is 0 Å². The minimum absolute atomic E-state index is 0.219. The summed E-state index contributed by atoms with van der Waals surface area (Å²) < 4.78 is 38.7. The van der Waals surface area contributed by atoms with E-state index in [1.807, 2.05) is 0 Å². The van der Waals surface area contributed by atoms with E-state index in [0.29, 0.717) is 6.54 Å². The van der Waals surface area contributed by atoms with E-state index in [1.165, 1.54) is 13.1 Å². The van der Waals surface area contributed by atoms with Crippen LogP contribution in [0.2, 0.25) is 0 Å². The monoisotopic (exact) mass is 339 g/mol. The number of amides is 1. The summed E-state index contributed by atoms with van der Waals surface area (Å²) in [5, 5.41) is 4.98. The number of pyridine rings is 1. The van der Waals surface area contributed by atoms with Crippen molar-refractivity contribution in [2.24, 2.45) is 0 Å². The molecule has 1 heterocycles. The van der Waals surface area contributed by atoms with Crippen LogP contribution in [-0.2, 0) is 11.0 Å². The van der Waals surface area contributed by atoms with Crippen LogP contribution >= 0.6 is 15.9 Å². The highest BCUT2D eigenvalue weighted by atomic mass is 79.9. The van der Waals surface area contributed by atoms with Crippen molar-refractivity contribution in [3.05, 3.63) is 22.3 Å². The second-order valence-electron chi connectivity index (χ2n) is 3.81. The summed E-state index contributed by atoms with van der Waals surface area (Å²) >= 11 is 2.94. The van der Waals surface area contributed by atoms with Crippen LogP contribution in [0, 0.1) is 0 Å². The van der Waals surface area contributed by atoms with Gasteiger partial charge in [0.25, 0.3) is 0 Å². The molecule has 106 valence electrons. The third-order valence-corrected chi connectivity index (χ3v) is 2.69. The lowest BCUT2D eigenvalue weighted by Crippen LogP contribution is -2.38. The van der Waals surface area contributed by atoms with Gasteiger partial charge in [-0.2, -0.15) is 13.2 Å². The molecule has 0 saturated carbocycles. The van der Waals surface area contributed by atoms with Gasteiger partial charge in [0, 0.05) is 17.2 Å². The van der Waals surface area contributed by atoms with E-state index in [0.717, 1.165) is 6.07 Å². The number of rotatable bonds is 4. The molecular weight excluding hydrogens is 327 g/mol. The van der Waals surface area contributed by atoms with E-state index in [1.54, 1.807) is 6.92 Å². The van der Waals surface area contributed by atoms with Crippen LogP contribution in [0.25, 0.3) is 0 Å². The fourth-order valence-corrected chi connectivity index (χ4v) is 1.70. The summed E-state index contributed by atoms with van der Waals surface area (Å²) in [5.41, 5.74) is -0.918. The van der Waals surface area contributed by atoms with Crippen molar-refractivity contribution < 1.29 is 18.0 Å². The normalized spacial score (nSPS) is 12.9. The molecule has 1 amide bonds. The first-order chi connectivity index (χ1) is 8.75. The quantitative estimate of drug-likeness (QED) is 0.886. The number of halogens is 4. The highest BCUT2D eigenvalue weighted by Crippen LogP contribution is 2.35. The van der Waals surface area contributed by atoms with E-state index in [4.69, 9.17) is 0 Å². The number of carbonyl (C=O) groups excluding carboxylic acids is 1. The lowest BCUT2D eigenvalue weighted by molar-refractivity contribution is -0.137. The van der Waals surface area contributed by atoms with Gasteiger partial charge in [-0.1, -0.05) is 0 Å². The van der Waals surface area contributed by atoms with Crippen molar-refractivity contribution in [1.82, 2.24) is 10.3 Å². The van der Waals surface area contributed by atoms with E-state index in [-0.39, 0.29) is 16.2 Å². The maximum Gasteiger partial charge on any atom is 0.419 e. The van der Waals surface area contributed by atoms with Crippen LogP contribution in [0.1, 0.15) is 19.4 Å². The zero-order valence-corrected chi connectivity index (χ0v) is 11.9. The molecule has 19 heavy (non-hydrogen) atoms. The molecule has 0 bridgehead atoms. The Morgan fingerprint density at radius 3 is 2.68 bits per heavy atom. The predicted molar refractivity (Wildman–Crippen MR) is 68.7 cm³/mol. The van der Waals surface area contributed by atoms with E-state index < -0.39 is 17.8 Å². The molecule has 0 aliphatic rings. The fraction of sp³-hybridized carbons (Fsp3) is 0.455. The minimum Gasteiger partial charge on any atom is -0.358 e. The number of nitrogens with one attached hydrogen (secondary N) is 2. The van der Waals surface area contributed by atoms with Crippen LogP contribution in [0.15, 0.2) is 16.7 Å². The van der Waals surface area contributed by atoms with Gasteiger partial charge in [-0.05, 0) is 35.8 Å². The number of aromatic nitrogens is 1. The summed E-state index contributed by atoms with van der Waals surface area (Å²) in [7, 11) is 0. The Morgan fingerprint density at radius 1 is 1.53 bits per heavy atom. The molecule has 1 unspecified atom stereocenters. The second kappa shape index (κ2) is 6.23. The molecule has 0 saturated heterocycles. The van der Waals surface area contributed by atoms with Crippen molar-refractivity contribution in [2.45, 2.75) is 26.1 Å². The van der Waals surface area contributed by atoms with Gasteiger partial charge < -0.3 is 10.6 Å². The van der Waals surface area contributed by atoms with E-state index >= 15 is 0 Å². The zero-order chi connectivity index (χ0) is 14.6. The molecule has 0 radical (unpaired) electrons. The van der Waals surface area contributed by atoms with Gasteiger partial charge in [0.1, 0.15) is 11.9 Å². The van der Waals surface area contributed by atoms with Crippen LogP contribution < -0.4 is 10.6 Å². The summed E-state index contributed by atoms with van der Waals surface area (Å²) in [6.45, 7) is 3.60. The standard InChI is InChI=1S/C11H13BrF3N3O/c1-3-16-10(19)6(2)18-9-8(11(13,14)15)4-7(12)5-17-9/h4-6H,3H2,1-2H3,(H,16,19)(H,17,18). The molecule has 8 heteroatoms. The van der Waals surface area contributed by atoms with Crippen LogP contribution in [0.5, 0.6) is 0 Å². The van der Waals surface area contributed by atoms with Crippen LogP contribution in [0.3, 0.4) is 0 Å². The van der Waals surface area contributed by atoms with Crippen molar-refractivity contribution in [3.8, 4) is 0 Å². The average molecular weight is 340 g/mol. The molecule has 2 N–H and O–H groups in total. The molecule has 0 aliphatic carbocycles. The molecule has 1 atom stereocenters. The Bertz CT molecular complexity index is 465. The molecule has 1 aromatic rings. The van der Waals surface area contributed by atoms with Crippen molar-refractivity contribution in [1.29, 1.82) is 0 Å². The molecular formula is C11H13BrF3N3O. The topological polar surface area (TPSA) is 54.0 Å². The molecule has 4 nitrogen and oxygen atoms in total. The van der Waals surface area contributed by atoms with Gasteiger partial charge in [-0.3, -0.25) is 4.79 Å². The Labute approximate surface area is 116 Å². The number of carbonyl (C=O) groups is 1. The summed E-state index contributed by atoms with van der Waals surface area (Å²) in [5.74, 6) is -0.755. The molecule has 0 fully saturated rings. The number of hydrogen-bond acceptors (Lipinski definition) is 3. The summed E-state index contributed by atoms with van der Waals surface area (Å²) in [6.07, 6.45) is -3.30. The Morgan fingerprint density at radius 2 is 2.16 bits per heavy atom. The fourth-order valence-electron chi connectivity index (χ4n) is 1.37. The van der Waals surface area contributed by atoms with Crippen molar-refractivity contribution in [2.75, 3.05) is 11.9 Å². The van der Waals surface area contributed by atoms with Gasteiger partial charge in [0.05, 0.1) is 5.56 Å². The number of likely N-dealkylation sites (N-methyl/N-ethyl adjacent to an activating group) is 1. The van der Waals surface area contributed by atoms with Crippen LogP contribution in [0.4, 0.5) is 19.0 Å². The molecule has 1 rings (SSSR count). The smallest absolute Gasteiger partial charge is 0.358 e.